The van der Waals surface area contributed by atoms with E-state index in [2.05, 4.69) is 0 Å². The number of sulfonamides is 1. The van der Waals surface area contributed by atoms with Gasteiger partial charge in [0.1, 0.15) is 0 Å². The zero-order valence-electron chi connectivity index (χ0n) is 13.6. The third-order valence-corrected chi connectivity index (χ3v) is 6.63. The van der Waals surface area contributed by atoms with Gasteiger partial charge >= 0.3 is 0 Å². The minimum absolute atomic E-state index is 0.0343. The van der Waals surface area contributed by atoms with Gasteiger partial charge in [0, 0.05) is 30.6 Å². The number of morpholine rings is 1. The second-order valence-electron chi connectivity index (χ2n) is 6.10. The number of hydrogen-bond donors (Lipinski definition) is 0. The van der Waals surface area contributed by atoms with Crippen LogP contribution in [-0.2, 0) is 19.6 Å². The summed E-state index contributed by atoms with van der Waals surface area (Å²) in [5, 5.41) is 1.97. The summed E-state index contributed by atoms with van der Waals surface area (Å²) >= 11 is 1.58. The number of amides is 1. The third-order valence-electron chi connectivity index (χ3n) is 4.49. The molecule has 8 heteroatoms. The predicted octanol–water partition coefficient (Wildman–Crippen LogP) is 1.41. The van der Waals surface area contributed by atoms with Crippen LogP contribution in [0.4, 0.5) is 0 Å². The molecule has 0 radical (unpaired) electrons. The standard InChI is InChI=1S/C16H22N2O4S2/c1-24(20,21)18-10-11-22-15-7-9-17(8-6-14(15)18)16(19)5-4-13-3-2-12-23-13/h2-5,12,14-15H,6-11H2,1H3/b5-4+/t14-,15-/m1/s1. The van der Waals surface area contributed by atoms with Crippen molar-refractivity contribution in [2.45, 2.75) is 25.0 Å². The van der Waals surface area contributed by atoms with Gasteiger partial charge in [0.15, 0.2) is 0 Å². The van der Waals surface area contributed by atoms with Crippen LogP contribution in [0.25, 0.3) is 6.08 Å². The van der Waals surface area contributed by atoms with Crippen molar-refractivity contribution in [3.05, 3.63) is 28.5 Å². The molecule has 0 aliphatic carbocycles. The highest BCUT2D eigenvalue weighted by molar-refractivity contribution is 7.88. The van der Waals surface area contributed by atoms with Crippen LogP contribution in [-0.4, -0.2) is 68.2 Å². The summed E-state index contributed by atoms with van der Waals surface area (Å²) in [6, 6.07) is 3.74. The van der Waals surface area contributed by atoms with Gasteiger partial charge in [-0.05, 0) is 30.4 Å². The average Bonchev–Trinajstić information content (AvgIpc) is 2.96. The van der Waals surface area contributed by atoms with Crippen molar-refractivity contribution in [1.82, 2.24) is 9.21 Å². The monoisotopic (exact) mass is 370 g/mol. The van der Waals surface area contributed by atoms with E-state index >= 15 is 0 Å². The minimum Gasteiger partial charge on any atom is -0.375 e. The molecule has 1 aromatic rings. The first-order chi connectivity index (χ1) is 11.4. The van der Waals surface area contributed by atoms with E-state index in [1.807, 2.05) is 23.6 Å². The van der Waals surface area contributed by atoms with Crippen molar-refractivity contribution in [2.75, 3.05) is 32.5 Å². The predicted molar refractivity (Wildman–Crippen MR) is 94.2 cm³/mol. The number of likely N-dealkylation sites (tertiary alicyclic amines) is 1. The lowest BCUT2D eigenvalue weighted by atomic mass is 10.0. The van der Waals surface area contributed by atoms with Gasteiger partial charge in [-0.25, -0.2) is 8.42 Å². The molecule has 2 atom stereocenters. The number of thiophene rings is 1. The third kappa shape index (κ3) is 4.05. The molecule has 0 unspecified atom stereocenters. The van der Waals surface area contributed by atoms with Gasteiger partial charge in [-0.3, -0.25) is 4.79 Å². The number of carbonyl (C=O) groups excluding carboxylic acids is 1. The summed E-state index contributed by atoms with van der Waals surface area (Å²) in [5.41, 5.74) is 0. The summed E-state index contributed by atoms with van der Waals surface area (Å²) in [6.07, 6.45) is 5.80. The maximum atomic E-state index is 12.4. The highest BCUT2D eigenvalue weighted by atomic mass is 32.2. The minimum atomic E-state index is -3.25. The highest BCUT2D eigenvalue weighted by Gasteiger charge is 2.39. The number of rotatable bonds is 3. The van der Waals surface area contributed by atoms with Gasteiger partial charge in [0.25, 0.3) is 0 Å². The molecule has 2 aliphatic rings. The summed E-state index contributed by atoms with van der Waals surface area (Å²) in [6.45, 7) is 1.95. The van der Waals surface area contributed by atoms with Crippen LogP contribution in [0.1, 0.15) is 17.7 Å². The Morgan fingerprint density at radius 1 is 1.33 bits per heavy atom. The number of carbonyl (C=O) groups is 1. The quantitative estimate of drug-likeness (QED) is 0.755. The smallest absolute Gasteiger partial charge is 0.246 e. The van der Waals surface area contributed by atoms with Crippen molar-refractivity contribution >= 4 is 33.3 Å². The molecule has 3 heterocycles. The first-order valence-corrected chi connectivity index (χ1v) is 10.8. The number of hydrogen-bond acceptors (Lipinski definition) is 5. The maximum Gasteiger partial charge on any atom is 0.246 e. The largest absolute Gasteiger partial charge is 0.375 e. The Balaban J connectivity index is 1.67. The van der Waals surface area contributed by atoms with Crippen molar-refractivity contribution < 1.29 is 17.9 Å². The molecule has 24 heavy (non-hydrogen) atoms. The number of fused-ring (bicyclic) bond motifs is 1. The van der Waals surface area contributed by atoms with Gasteiger partial charge in [-0.1, -0.05) is 6.07 Å². The van der Waals surface area contributed by atoms with Crippen molar-refractivity contribution in [1.29, 1.82) is 0 Å². The fourth-order valence-electron chi connectivity index (χ4n) is 3.32. The van der Waals surface area contributed by atoms with E-state index in [0.717, 1.165) is 4.88 Å². The Hall–Kier alpha value is -1.22. The first-order valence-electron chi connectivity index (χ1n) is 8.04. The Morgan fingerprint density at radius 2 is 2.12 bits per heavy atom. The van der Waals surface area contributed by atoms with Gasteiger partial charge in [-0.2, -0.15) is 4.31 Å². The summed E-state index contributed by atoms with van der Waals surface area (Å²) < 4.78 is 31.3. The molecule has 0 bridgehead atoms. The molecule has 0 aromatic carbocycles. The second-order valence-corrected chi connectivity index (χ2v) is 9.02. The van der Waals surface area contributed by atoms with Gasteiger partial charge in [-0.15, -0.1) is 11.3 Å². The molecule has 6 nitrogen and oxygen atoms in total. The van der Waals surface area contributed by atoms with Crippen LogP contribution in [0.2, 0.25) is 0 Å². The molecule has 3 rings (SSSR count). The zero-order valence-corrected chi connectivity index (χ0v) is 15.3. The Kier molecular flexibility index (Phi) is 5.39. The van der Waals surface area contributed by atoms with Crippen LogP contribution in [0.3, 0.4) is 0 Å². The molecule has 2 fully saturated rings. The summed E-state index contributed by atoms with van der Waals surface area (Å²) in [4.78, 5) is 15.2. The van der Waals surface area contributed by atoms with E-state index in [4.69, 9.17) is 4.74 Å². The zero-order chi connectivity index (χ0) is 17.2. The van der Waals surface area contributed by atoms with Crippen molar-refractivity contribution in [2.24, 2.45) is 0 Å². The molecular weight excluding hydrogens is 348 g/mol. The van der Waals surface area contributed by atoms with Crippen molar-refractivity contribution in [3.8, 4) is 0 Å². The van der Waals surface area contributed by atoms with E-state index in [1.165, 1.54) is 10.6 Å². The molecule has 132 valence electrons. The molecule has 0 saturated carbocycles. The molecular formula is C16H22N2O4S2. The Bertz CT molecular complexity index is 700. The SMILES string of the molecule is CS(=O)(=O)N1CCO[C@@H]2CCN(C(=O)/C=C/c3cccs3)CC[C@H]21. The van der Waals surface area contributed by atoms with Crippen LogP contribution < -0.4 is 0 Å². The molecule has 2 aliphatic heterocycles. The maximum absolute atomic E-state index is 12.4. The molecule has 1 amide bonds. The van der Waals surface area contributed by atoms with Crippen LogP contribution in [0.5, 0.6) is 0 Å². The number of ether oxygens (including phenoxy) is 1. The molecule has 2 saturated heterocycles. The summed E-state index contributed by atoms with van der Waals surface area (Å²) in [7, 11) is -3.25. The Morgan fingerprint density at radius 3 is 2.83 bits per heavy atom. The lowest BCUT2D eigenvalue weighted by Crippen LogP contribution is -2.53. The molecule has 1 aromatic heterocycles. The van der Waals surface area contributed by atoms with E-state index in [-0.39, 0.29) is 18.1 Å². The van der Waals surface area contributed by atoms with Gasteiger partial charge in [0.05, 0.1) is 25.0 Å². The van der Waals surface area contributed by atoms with Crippen LogP contribution in [0.15, 0.2) is 23.6 Å². The fourth-order valence-corrected chi connectivity index (χ4v) is 5.08. The lowest BCUT2D eigenvalue weighted by molar-refractivity contribution is -0.126. The summed E-state index contributed by atoms with van der Waals surface area (Å²) in [5.74, 6) is -0.0343. The highest BCUT2D eigenvalue weighted by Crippen LogP contribution is 2.25. The molecule has 0 N–H and O–H groups in total. The van der Waals surface area contributed by atoms with Crippen LogP contribution >= 0.6 is 11.3 Å². The van der Waals surface area contributed by atoms with E-state index in [0.29, 0.717) is 39.1 Å². The second kappa shape index (κ2) is 7.35. The van der Waals surface area contributed by atoms with E-state index in [9.17, 15) is 13.2 Å². The normalized spacial score (nSPS) is 26.3. The Labute approximate surface area is 146 Å². The number of nitrogens with zero attached hydrogens (tertiary/aromatic N) is 2. The van der Waals surface area contributed by atoms with Gasteiger partial charge in [0.2, 0.25) is 15.9 Å². The lowest BCUT2D eigenvalue weighted by Gasteiger charge is -2.38. The van der Waals surface area contributed by atoms with Crippen molar-refractivity contribution in [3.63, 3.8) is 0 Å². The first kappa shape index (κ1) is 17.6. The van der Waals surface area contributed by atoms with E-state index in [1.54, 1.807) is 22.3 Å². The molecule has 0 spiro atoms. The average molecular weight is 370 g/mol. The van der Waals surface area contributed by atoms with E-state index < -0.39 is 10.0 Å². The topological polar surface area (TPSA) is 66.9 Å². The van der Waals surface area contributed by atoms with Crippen LogP contribution in [0, 0.1) is 0 Å². The fraction of sp³-hybridized carbons (Fsp3) is 0.562. The van der Waals surface area contributed by atoms with Gasteiger partial charge < -0.3 is 9.64 Å².